The summed E-state index contributed by atoms with van der Waals surface area (Å²) in [6, 6.07) is 4.46. The monoisotopic (exact) mass is 418 g/mol. The number of hydrogen-bond donors (Lipinski definition) is 0. The summed E-state index contributed by atoms with van der Waals surface area (Å²) in [4.78, 5) is 0. The van der Waals surface area contributed by atoms with Gasteiger partial charge >= 0.3 is 0 Å². The van der Waals surface area contributed by atoms with E-state index in [1.807, 2.05) is 0 Å². The van der Waals surface area contributed by atoms with Gasteiger partial charge in [-0.3, -0.25) is 0 Å². The lowest BCUT2D eigenvalue weighted by molar-refractivity contribution is 0.148. The summed E-state index contributed by atoms with van der Waals surface area (Å²) >= 11 is 0. The molecule has 2 rings (SSSR count). The molecule has 0 saturated carbocycles. The fourth-order valence-electron chi connectivity index (χ4n) is 4.28. The fourth-order valence-corrected chi connectivity index (χ4v) is 4.28. The zero-order valence-corrected chi connectivity index (χ0v) is 21.1. The van der Waals surface area contributed by atoms with E-state index in [2.05, 4.69) is 104 Å². The van der Waals surface area contributed by atoms with Crippen LogP contribution < -0.4 is 0 Å². The van der Waals surface area contributed by atoms with E-state index in [1.165, 1.54) is 58.2 Å². The maximum absolute atomic E-state index is 5.86. The van der Waals surface area contributed by atoms with Gasteiger partial charge in [0.2, 0.25) is 0 Å². The predicted molar refractivity (Wildman–Crippen MR) is 136 cm³/mol. The summed E-state index contributed by atoms with van der Waals surface area (Å²) in [5.74, 6) is 0. The van der Waals surface area contributed by atoms with Crippen molar-refractivity contribution in [1.82, 2.24) is 0 Å². The van der Waals surface area contributed by atoms with Gasteiger partial charge in [0, 0.05) is 0 Å². The van der Waals surface area contributed by atoms with Crippen molar-refractivity contribution in [3.63, 3.8) is 0 Å². The third kappa shape index (κ3) is 7.82. The number of allylic oxidation sites excluding steroid dienone is 9. The van der Waals surface area contributed by atoms with Gasteiger partial charge < -0.3 is 4.74 Å². The Balaban J connectivity index is 1.85. The number of ether oxygens (including phenoxy) is 1. The predicted octanol–water partition coefficient (Wildman–Crippen LogP) is 8.66. The van der Waals surface area contributed by atoms with Crippen molar-refractivity contribution in [3.8, 4) is 0 Å². The number of benzene rings is 1. The van der Waals surface area contributed by atoms with E-state index in [-0.39, 0.29) is 0 Å². The quantitative estimate of drug-likeness (QED) is 0.303. The van der Waals surface area contributed by atoms with Gasteiger partial charge in [-0.05, 0) is 94.0 Å². The van der Waals surface area contributed by atoms with Gasteiger partial charge in [-0.15, -0.1) is 0 Å². The van der Waals surface area contributed by atoms with Gasteiger partial charge in [0.25, 0.3) is 0 Å². The van der Waals surface area contributed by atoms with Crippen LogP contribution in [0.25, 0.3) is 0 Å². The van der Waals surface area contributed by atoms with Crippen LogP contribution in [-0.4, -0.2) is 6.61 Å². The van der Waals surface area contributed by atoms with Crippen LogP contribution in [0.4, 0.5) is 0 Å². The molecular weight excluding hydrogens is 376 g/mol. The molecular formula is C30H42O. The Kier molecular flexibility index (Phi) is 9.32. The van der Waals surface area contributed by atoms with Crippen molar-refractivity contribution in [3.05, 3.63) is 93.1 Å². The zero-order valence-electron chi connectivity index (χ0n) is 21.1. The Morgan fingerprint density at radius 2 is 1.68 bits per heavy atom. The van der Waals surface area contributed by atoms with Crippen molar-refractivity contribution < 1.29 is 4.74 Å². The molecule has 0 amide bonds. The molecule has 168 valence electrons. The van der Waals surface area contributed by atoms with E-state index >= 15 is 0 Å². The van der Waals surface area contributed by atoms with Crippen LogP contribution in [0.15, 0.2) is 70.9 Å². The summed E-state index contributed by atoms with van der Waals surface area (Å²) < 4.78 is 5.86. The van der Waals surface area contributed by atoms with Crippen LogP contribution in [0.5, 0.6) is 0 Å². The first-order valence-electron chi connectivity index (χ1n) is 11.6. The van der Waals surface area contributed by atoms with Crippen LogP contribution in [0.1, 0.15) is 76.1 Å². The molecule has 1 aromatic rings. The maximum atomic E-state index is 5.86. The summed E-state index contributed by atoms with van der Waals surface area (Å²) in [6.45, 7) is 19.1. The largest absolute Gasteiger partial charge is 0.373 e. The normalized spacial score (nSPS) is 17.9. The lowest BCUT2D eigenvalue weighted by Crippen LogP contribution is -2.19. The number of hydrogen-bond acceptors (Lipinski definition) is 1. The van der Waals surface area contributed by atoms with Crippen molar-refractivity contribution in [2.75, 3.05) is 6.61 Å². The summed E-state index contributed by atoms with van der Waals surface area (Å²) in [7, 11) is 0. The highest BCUT2D eigenvalue weighted by Crippen LogP contribution is 2.40. The smallest absolute Gasteiger partial charge is 0.0721 e. The first kappa shape index (κ1) is 25.1. The first-order chi connectivity index (χ1) is 14.6. The molecule has 0 fully saturated rings. The Labute approximate surface area is 191 Å². The molecule has 0 unspecified atom stereocenters. The lowest BCUT2D eigenvalue weighted by Gasteiger charge is -2.32. The van der Waals surface area contributed by atoms with Gasteiger partial charge in [-0.25, -0.2) is 0 Å². The minimum absolute atomic E-state index is 0.296. The van der Waals surface area contributed by atoms with Crippen LogP contribution >= 0.6 is 0 Å². The van der Waals surface area contributed by atoms with Crippen LogP contribution in [0, 0.1) is 26.2 Å². The number of rotatable bonds is 8. The van der Waals surface area contributed by atoms with E-state index in [9.17, 15) is 0 Å². The molecule has 0 aromatic heterocycles. The summed E-state index contributed by atoms with van der Waals surface area (Å²) in [5.41, 5.74) is 11.1. The van der Waals surface area contributed by atoms with Gasteiger partial charge in [0.05, 0.1) is 13.2 Å². The van der Waals surface area contributed by atoms with E-state index in [0.717, 1.165) is 0 Å². The van der Waals surface area contributed by atoms with Gasteiger partial charge in [-0.1, -0.05) is 79.2 Å². The van der Waals surface area contributed by atoms with E-state index in [4.69, 9.17) is 4.74 Å². The van der Waals surface area contributed by atoms with E-state index in [0.29, 0.717) is 18.6 Å². The summed E-state index contributed by atoms with van der Waals surface area (Å²) in [5, 5.41) is 0. The van der Waals surface area contributed by atoms with Gasteiger partial charge in [0.15, 0.2) is 0 Å². The molecule has 1 aliphatic carbocycles. The second-order valence-corrected chi connectivity index (χ2v) is 9.85. The zero-order chi connectivity index (χ0) is 23.0. The molecule has 0 heterocycles. The van der Waals surface area contributed by atoms with Crippen molar-refractivity contribution in [2.24, 2.45) is 5.41 Å². The third-order valence-electron chi connectivity index (χ3n) is 6.55. The van der Waals surface area contributed by atoms with Gasteiger partial charge in [-0.2, -0.15) is 0 Å². The average molecular weight is 419 g/mol. The topological polar surface area (TPSA) is 9.23 Å². The van der Waals surface area contributed by atoms with Crippen molar-refractivity contribution in [2.45, 2.75) is 81.3 Å². The molecule has 1 heteroatoms. The Morgan fingerprint density at radius 1 is 1.00 bits per heavy atom. The highest BCUT2D eigenvalue weighted by molar-refractivity contribution is 5.38. The van der Waals surface area contributed by atoms with Crippen LogP contribution in [0.2, 0.25) is 0 Å². The Bertz CT molecular complexity index is 893. The molecule has 1 aromatic carbocycles. The highest BCUT2D eigenvalue weighted by Gasteiger charge is 2.26. The van der Waals surface area contributed by atoms with Crippen LogP contribution in [-0.2, 0) is 11.3 Å². The second kappa shape index (κ2) is 11.5. The Morgan fingerprint density at radius 3 is 2.32 bits per heavy atom. The third-order valence-corrected chi connectivity index (χ3v) is 6.55. The molecule has 1 aliphatic rings. The molecule has 0 spiro atoms. The highest BCUT2D eigenvalue weighted by atomic mass is 16.5. The Hall–Kier alpha value is -2.12. The molecule has 0 N–H and O–H groups in total. The molecule has 1 nitrogen and oxygen atoms in total. The molecule has 0 atom stereocenters. The van der Waals surface area contributed by atoms with Gasteiger partial charge in [0.1, 0.15) is 0 Å². The molecule has 31 heavy (non-hydrogen) atoms. The fraction of sp³-hybridized carbons (Fsp3) is 0.467. The van der Waals surface area contributed by atoms with E-state index in [1.54, 1.807) is 5.57 Å². The van der Waals surface area contributed by atoms with Crippen molar-refractivity contribution in [1.29, 1.82) is 0 Å². The lowest BCUT2D eigenvalue weighted by atomic mass is 9.72. The van der Waals surface area contributed by atoms with Crippen LogP contribution in [0.3, 0.4) is 0 Å². The average Bonchev–Trinajstić information content (AvgIpc) is 2.68. The first-order valence-corrected chi connectivity index (χ1v) is 11.6. The van der Waals surface area contributed by atoms with Crippen molar-refractivity contribution >= 4 is 0 Å². The molecule has 0 saturated heterocycles. The summed E-state index contributed by atoms with van der Waals surface area (Å²) in [6.07, 6.45) is 17.0. The standard InChI is InChI=1S/C30H42O/c1-22(14-15-29-24(3)13-10-17-30(29,7)8)11-9-12-23(2)16-18-31-21-28-19-25(4)27(6)26(5)20-28/h9,11-12,14-16,19-20H,10,13,17-18,21H2,1-8H3/b12-9+,15-14+,22-11+,23-16+. The minimum Gasteiger partial charge on any atom is -0.373 e. The molecule has 0 radical (unpaired) electrons. The number of aryl methyl sites for hydroxylation is 2. The molecule has 0 bridgehead atoms. The molecule has 0 aliphatic heterocycles. The second-order valence-electron chi connectivity index (χ2n) is 9.85. The van der Waals surface area contributed by atoms with E-state index < -0.39 is 0 Å². The maximum Gasteiger partial charge on any atom is 0.0721 e. The minimum atomic E-state index is 0.296. The SMILES string of the molecule is CC1=C(/C=C/C(C)=C/C=C/C(C)=C/COCc2cc(C)c(C)c(C)c2)C(C)(C)CCC1.